The van der Waals surface area contributed by atoms with Crippen LogP contribution in [0.4, 0.5) is 0 Å². The number of esters is 2. The summed E-state index contributed by atoms with van der Waals surface area (Å²) in [6.45, 7) is 3.85. The van der Waals surface area contributed by atoms with E-state index in [-0.39, 0.29) is 26.1 Å². The van der Waals surface area contributed by atoms with Crippen LogP contribution in [0.1, 0.15) is 155 Å². The van der Waals surface area contributed by atoms with Crippen molar-refractivity contribution in [1.82, 2.24) is 0 Å². The monoisotopic (exact) mass is 914 g/mol. The molecule has 0 aromatic heterocycles. The predicted molar refractivity (Wildman–Crippen MR) is 264 cm³/mol. The molecular weight excluding hydrogens is 826 g/mol. The summed E-state index contributed by atoms with van der Waals surface area (Å²) in [5.74, 6) is -1.04. The second-order valence-electron chi connectivity index (χ2n) is 16.9. The molecule has 2 unspecified atom stereocenters. The fraction of sp³-hybridized carbons (Fsp3) is 0.623. The zero-order valence-corrected chi connectivity index (χ0v) is 41.4. The smallest absolute Gasteiger partial charge is 0.306 e. The number of nitrogens with zero attached hydrogens (tertiary/aromatic N) is 1. The summed E-state index contributed by atoms with van der Waals surface area (Å²) >= 11 is 0. The van der Waals surface area contributed by atoms with Gasteiger partial charge in [-0.15, -0.1) is 0 Å². The van der Waals surface area contributed by atoms with Crippen LogP contribution in [0.5, 0.6) is 0 Å². The number of quaternary nitrogens is 1. The molecule has 0 aromatic carbocycles. The van der Waals surface area contributed by atoms with Crippen molar-refractivity contribution in [2.75, 3.05) is 47.5 Å². The van der Waals surface area contributed by atoms with E-state index in [2.05, 4.69) is 86.8 Å². The summed E-state index contributed by atoms with van der Waals surface area (Å²) in [6, 6.07) is 0. The predicted octanol–water partition coefficient (Wildman–Crippen LogP) is 12.6. The summed E-state index contributed by atoms with van der Waals surface area (Å²) in [5.41, 5.74) is 0. The molecule has 364 valence electrons. The lowest BCUT2D eigenvalue weighted by Crippen LogP contribution is -2.37. The number of carbonyl (C=O) groups is 2. The molecule has 0 saturated heterocycles. The highest BCUT2D eigenvalue weighted by molar-refractivity contribution is 7.45. The van der Waals surface area contributed by atoms with Gasteiger partial charge in [-0.05, 0) is 83.5 Å². The van der Waals surface area contributed by atoms with Crippen molar-refractivity contribution in [3.8, 4) is 0 Å². The van der Waals surface area contributed by atoms with E-state index in [4.69, 9.17) is 18.5 Å². The van der Waals surface area contributed by atoms with Crippen LogP contribution in [-0.4, -0.2) is 81.2 Å². The Kier molecular flexibility index (Phi) is 41.2. The first-order valence-electron chi connectivity index (χ1n) is 24.2. The van der Waals surface area contributed by atoms with Gasteiger partial charge >= 0.3 is 11.9 Å². The molecule has 64 heavy (non-hydrogen) atoms. The number of phosphoric acid groups is 1. The largest absolute Gasteiger partial charge is 0.756 e. The molecule has 0 saturated carbocycles. The van der Waals surface area contributed by atoms with Crippen molar-refractivity contribution in [3.63, 3.8) is 0 Å². The highest BCUT2D eigenvalue weighted by atomic mass is 31.2. The molecule has 0 heterocycles. The Labute approximate surface area is 389 Å². The van der Waals surface area contributed by atoms with Gasteiger partial charge in [0.15, 0.2) is 6.10 Å². The zero-order chi connectivity index (χ0) is 47.3. The minimum atomic E-state index is -4.68. The maximum atomic E-state index is 12.7. The van der Waals surface area contributed by atoms with Crippen molar-refractivity contribution < 1.29 is 47.2 Å². The Bertz CT molecular complexity index is 1470. The molecule has 0 aromatic rings. The highest BCUT2D eigenvalue weighted by Gasteiger charge is 2.21. The number of carbonyl (C=O) groups excluding carboxylic acids is 2. The van der Waals surface area contributed by atoms with E-state index in [1.54, 1.807) is 18.2 Å². The zero-order valence-electron chi connectivity index (χ0n) is 40.5. The second kappa shape index (κ2) is 43.5. The molecule has 0 rings (SSSR count). The van der Waals surface area contributed by atoms with Gasteiger partial charge in [0.1, 0.15) is 19.8 Å². The minimum absolute atomic E-state index is 0.0607. The molecule has 11 heteroatoms. The van der Waals surface area contributed by atoms with Crippen LogP contribution in [0.3, 0.4) is 0 Å². The van der Waals surface area contributed by atoms with E-state index < -0.39 is 38.6 Å². The van der Waals surface area contributed by atoms with Gasteiger partial charge in [-0.1, -0.05) is 168 Å². The van der Waals surface area contributed by atoms with Crippen LogP contribution in [-0.2, 0) is 32.7 Å². The van der Waals surface area contributed by atoms with Crippen molar-refractivity contribution in [3.05, 3.63) is 109 Å². The van der Waals surface area contributed by atoms with E-state index in [9.17, 15) is 24.2 Å². The number of aliphatic hydroxyl groups is 1. The van der Waals surface area contributed by atoms with Crippen LogP contribution in [0, 0.1) is 0 Å². The number of rotatable bonds is 42. The number of allylic oxidation sites excluding steroid dienone is 16. The summed E-state index contributed by atoms with van der Waals surface area (Å²) in [6.07, 6.45) is 55.8. The lowest BCUT2D eigenvalue weighted by atomic mass is 10.1. The first-order chi connectivity index (χ1) is 30.9. The average molecular weight is 914 g/mol. The SMILES string of the molecule is CC/C=C\C/C=C\C/C=C\C/C=C\C=C/C(O)C/C=C\CCC(=O)OC[C@H](COP(=O)([O-])OCC[N+](C)(C)C)OC(=O)CCCCCCCC/C=C\C/C=C\C/C=C\CCCCCC. The molecule has 0 spiro atoms. The number of hydrogen-bond acceptors (Lipinski definition) is 9. The standard InChI is InChI=1S/C53H88NO9P/c1-6-8-10-12-14-16-18-20-21-22-23-24-25-26-28-30-32-34-36-40-45-53(57)63-51(49-62-64(58,59)61-47-46-54(3,4)5)48-60-52(56)44-41-37-39-43-50(55)42-38-35-33-31-29-27-19-17-15-13-11-9-7-2/h9,11,15-18,21-22,24-25,27,29,33,35,37-39,42,50-51,55H,6-8,10,12-14,19-20,23,26,28,30-32,34,36,40-41,43-49H2,1-5H3/b11-9-,17-15-,18-16-,22-21-,25-24-,29-27-,35-33-,39-37-,42-38-/t50?,51-/m1/s1. The molecule has 0 bridgehead atoms. The molecule has 0 aliphatic rings. The Morgan fingerprint density at radius 3 is 1.72 bits per heavy atom. The fourth-order valence-corrected chi connectivity index (χ4v) is 6.56. The van der Waals surface area contributed by atoms with Crippen LogP contribution >= 0.6 is 7.82 Å². The van der Waals surface area contributed by atoms with E-state index in [1.165, 1.54) is 32.1 Å². The molecule has 0 amide bonds. The normalized spacial score (nSPS) is 14.9. The van der Waals surface area contributed by atoms with Gasteiger partial charge in [0.25, 0.3) is 7.82 Å². The Balaban J connectivity index is 4.55. The van der Waals surface area contributed by atoms with E-state index in [0.717, 1.165) is 77.0 Å². The Morgan fingerprint density at radius 2 is 1.12 bits per heavy atom. The van der Waals surface area contributed by atoms with E-state index in [1.807, 2.05) is 39.4 Å². The maximum Gasteiger partial charge on any atom is 0.306 e. The molecule has 10 nitrogen and oxygen atoms in total. The molecule has 3 atom stereocenters. The molecule has 0 aliphatic heterocycles. The Morgan fingerprint density at radius 1 is 0.594 bits per heavy atom. The molecule has 0 aliphatic carbocycles. The van der Waals surface area contributed by atoms with Crippen molar-refractivity contribution in [1.29, 1.82) is 0 Å². The third kappa shape index (κ3) is 46.6. The maximum absolute atomic E-state index is 12.7. The number of phosphoric ester groups is 1. The molecular formula is C53H88NO9P. The number of likely N-dealkylation sites (N-methyl/N-ethyl adjacent to an activating group) is 1. The average Bonchev–Trinajstić information content (AvgIpc) is 3.24. The van der Waals surface area contributed by atoms with Crippen molar-refractivity contribution in [2.45, 2.75) is 167 Å². The number of hydrogen-bond donors (Lipinski definition) is 1. The van der Waals surface area contributed by atoms with Crippen LogP contribution in [0.2, 0.25) is 0 Å². The number of aliphatic hydroxyl groups excluding tert-OH is 1. The summed E-state index contributed by atoms with van der Waals surface area (Å²) in [7, 11) is 1.04. The van der Waals surface area contributed by atoms with Crippen LogP contribution in [0.15, 0.2) is 109 Å². The highest BCUT2D eigenvalue weighted by Crippen LogP contribution is 2.38. The minimum Gasteiger partial charge on any atom is -0.756 e. The second-order valence-corrected chi connectivity index (χ2v) is 18.3. The van der Waals surface area contributed by atoms with E-state index >= 15 is 0 Å². The van der Waals surface area contributed by atoms with Crippen LogP contribution in [0.25, 0.3) is 0 Å². The number of ether oxygens (including phenoxy) is 2. The van der Waals surface area contributed by atoms with Crippen molar-refractivity contribution >= 4 is 19.8 Å². The summed E-state index contributed by atoms with van der Waals surface area (Å²) < 4.78 is 33.8. The molecule has 1 N–H and O–H groups in total. The van der Waals surface area contributed by atoms with Gasteiger partial charge in [0.2, 0.25) is 0 Å². The first kappa shape index (κ1) is 60.6. The quantitative estimate of drug-likeness (QED) is 0.0159. The lowest BCUT2D eigenvalue weighted by molar-refractivity contribution is -0.870. The van der Waals surface area contributed by atoms with Gasteiger partial charge < -0.3 is 33.0 Å². The third-order valence-corrected chi connectivity index (χ3v) is 10.6. The summed E-state index contributed by atoms with van der Waals surface area (Å²) in [5, 5.41) is 10.2. The van der Waals surface area contributed by atoms with Gasteiger partial charge in [0, 0.05) is 12.8 Å². The van der Waals surface area contributed by atoms with Crippen molar-refractivity contribution in [2.24, 2.45) is 0 Å². The number of unbranched alkanes of at least 4 members (excludes halogenated alkanes) is 10. The fourth-order valence-electron chi connectivity index (χ4n) is 5.83. The van der Waals surface area contributed by atoms with Crippen LogP contribution < -0.4 is 4.89 Å². The topological polar surface area (TPSA) is 131 Å². The van der Waals surface area contributed by atoms with Gasteiger partial charge in [-0.2, -0.15) is 0 Å². The van der Waals surface area contributed by atoms with E-state index in [0.29, 0.717) is 30.3 Å². The van der Waals surface area contributed by atoms with Gasteiger partial charge in [-0.25, -0.2) is 0 Å². The lowest BCUT2D eigenvalue weighted by Gasteiger charge is -2.28. The van der Waals surface area contributed by atoms with Gasteiger partial charge in [-0.3, -0.25) is 14.2 Å². The Hall–Kier alpha value is -3.37. The third-order valence-electron chi connectivity index (χ3n) is 9.62. The first-order valence-corrected chi connectivity index (χ1v) is 25.7. The summed E-state index contributed by atoms with van der Waals surface area (Å²) in [4.78, 5) is 37.7. The van der Waals surface area contributed by atoms with Gasteiger partial charge in [0.05, 0.1) is 33.9 Å². The molecule has 0 fully saturated rings. The molecule has 0 radical (unpaired) electrons.